The Morgan fingerprint density at radius 2 is 2.27 bits per heavy atom. The van der Waals surface area contributed by atoms with Crippen LogP contribution in [-0.4, -0.2) is 29.2 Å². The lowest BCUT2D eigenvalue weighted by molar-refractivity contribution is 0.0775. The highest BCUT2D eigenvalue weighted by Gasteiger charge is 2.13. The van der Waals surface area contributed by atoms with Crippen LogP contribution in [0, 0.1) is 0 Å². The van der Waals surface area contributed by atoms with Gasteiger partial charge >= 0.3 is 0 Å². The van der Waals surface area contributed by atoms with Gasteiger partial charge < -0.3 is 4.90 Å². The van der Waals surface area contributed by atoms with Crippen LogP contribution >= 0.6 is 27.5 Å². The minimum absolute atomic E-state index is 0.0273. The van der Waals surface area contributed by atoms with E-state index in [0.717, 1.165) is 5.33 Å². The molecule has 1 aromatic rings. The van der Waals surface area contributed by atoms with E-state index in [9.17, 15) is 4.79 Å². The summed E-state index contributed by atoms with van der Waals surface area (Å²) >= 11 is 9.16. The van der Waals surface area contributed by atoms with E-state index in [4.69, 9.17) is 11.6 Å². The standard InChI is InChI=1S/C11H13BrClNO/c1-2-14(7-6-12)11(15)9-4-3-5-10(13)8-9/h3-5,8H,2,6-7H2,1H3. The van der Waals surface area contributed by atoms with Crippen molar-refractivity contribution in [3.8, 4) is 0 Å². The van der Waals surface area contributed by atoms with E-state index in [1.807, 2.05) is 6.92 Å². The molecule has 0 saturated carbocycles. The lowest BCUT2D eigenvalue weighted by Gasteiger charge is -2.19. The molecule has 2 nitrogen and oxygen atoms in total. The highest BCUT2D eigenvalue weighted by molar-refractivity contribution is 9.09. The SMILES string of the molecule is CCN(CCBr)C(=O)c1cccc(Cl)c1. The molecule has 82 valence electrons. The molecule has 4 heteroatoms. The number of rotatable bonds is 4. The van der Waals surface area contributed by atoms with Gasteiger partial charge in [-0.15, -0.1) is 0 Å². The van der Waals surface area contributed by atoms with Gasteiger partial charge in [-0.1, -0.05) is 33.6 Å². The van der Waals surface area contributed by atoms with Gasteiger partial charge in [0, 0.05) is 29.0 Å². The number of amides is 1. The molecule has 0 aliphatic carbocycles. The Morgan fingerprint density at radius 3 is 2.80 bits per heavy atom. The number of hydrogen-bond acceptors (Lipinski definition) is 1. The first kappa shape index (κ1) is 12.5. The van der Waals surface area contributed by atoms with E-state index in [-0.39, 0.29) is 5.91 Å². The topological polar surface area (TPSA) is 20.3 Å². The molecule has 0 unspecified atom stereocenters. The summed E-state index contributed by atoms with van der Waals surface area (Å²) in [6.45, 7) is 3.38. The second kappa shape index (κ2) is 6.13. The maximum Gasteiger partial charge on any atom is 0.253 e. The predicted molar refractivity (Wildman–Crippen MR) is 66.8 cm³/mol. The van der Waals surface area contributed by atoms with Crippen molar-refractivity contribution in [3.63, 3.8) is 0 Å². The lowest BCUT2D eigenvalue weighted by Crippen LogP contribution is -2.32. The molecular weight excluding hydrogens is 277 g/mol. The van der Waals surface area contributed by atoms with Gasteiger partial charge in [0.1, 0.15) is 0 Å². The Balaban J connectivity index is 2.82. The number of alkyl halides is 1. The van der Waals surface area contributed by atoms with E-state index in [0.29, 0.717) is 23.7 Å². The minimum Gasteiger partial charge on any atom is -0.338 e. The summed E-state index contributed by atoms with van der Waals surface area (Å²) in [6, 6.07) is 7.03. The van der Waals surface area contributed by atoms with E-state index in [1.54, 1.807) is 29.2 Å². The molecule has 0 fully saturated rings. The number of carbonyl (C=O) groups excluding carboxylic acids is 1. The Kier molecular flexibility index (Phi) is 5.12. The first-order valence-electron chi connectivity index (χ1n) is 4.79. The van der Waals surface area contributed by atoms with Crippen molar-refractivity contribution >= 4 is 33.4 Å². The smallest absolute Gasteiger partial charge is 0.253 e. The monoisotopic (exact) mass is 289 g/mol. The molecular formula is C11H13BrClNO. The third kappa shape index (κ3) is 3.50. The number of benzene rings is 1. The fourth-order valence-electron chi connectivity index (χ4n) is 1.31. The van der Waals surface area contributed by atoms with Crippen LogP contribution in [0.5, 0.6) is 0 Å². The third-order valence-corrected chi connectivity index (χ3v) is 2.68. The predicted octanol–water partition coefficient (Wildman–Crippen LogP) is 3.20. The summed E-state index contributed by atoms with van der Waals surface area (Å²) in [5.41, 5.74) is 0.644. The average Bonchev–Trinajstić information content (AvgIpc) is 2.25. The average molecular weight is 291 g/mol. The summed E-state index contributed by atoms with van der Waals surface area (Å²) < 4.78 is 0. The molecule has 1 aromatic carbocycles. The molecule has 0 atom stereocenters. The van der Waals surface area contributed by atoms with Crippen molar-refractivity contribution in [2.45, 2.75) is 6.92 Å². The van der Waals surface area contributed by atoms with Crippen molar-refractivity contribution in [2.24, 2.45) is 0 Å². The highest BCUT2D eigenvalue weighted by Crippen LogP contribution is 2.12. The van der Waals surface area contributed by atoms with Gasteiger partial charge in [0.15, 0.2) is 0 Å². The first-order chi connectivity index (χ1) is 7.19. The van der Waals surface area contributed by atoms with Crippen LogP contribution in [0.2, 0.25) is 5.02 Å². The number of carbonyl (C=O) groups is 1. The molecule has 0 aliphatic rings. The summed E-state index contributed by atoms with van der Waals surface area (Å²) in [7, 11) is 0. The van der Waals surface area contributed by atoms with E-state index < -0.39 is 0 Å². The lowest BCUT2D eigenvalue weighted by atomic mass is 10.2. The van der Waals surface area contributed by atoms with Crippen molar-refractivity contribution in [3.05, 3.63) is 34.9 Å². The summed E-state index contributed by atoms with van der Waals surface area (Å²) in [5, 5.41) is 1.38. The van der Waals surface area contributed by atoms with Gasteiger partial charge in [0.05, 0.1) is 0 Å². The Labute approximate surface area is 103 Å². The van der Waals surface area contributed by atoms with Crippen molar-refractivity contribution in [1.29, 1.82) is 0 Å². The van der Waals surface area contributed by atoms with Crippen LogP contribution < -0.4 is 0 Å². The van der Waals surface area contributed by atoms with E-state index in [1.165, 1.54) is 0 Å². The van der Waals surface area contributed by atoms with Gasteiger partial charge in [-0.05, 0) is 25.1 Å². The van der Waals surface area contributed by atoms with Crippen molar-refractivity contribution < 1.29 is 4.79 Å². The molecule has 0 spiro atoms. The summed E-state index contributed by atoms with van der Waals surface area (Å²) in [5.74, 6) is 0.0273. The van der Waals surface area contributed by atoms with Crippen LogP contribution in [-0.2, 0) is 0 Å². The van der Waals surface area contributed by atoms with E-state index in [2.05, 4.69) is 15.9 Å². The molecule has 15 heavy (non-hydrogen) atoms. The summed E-state index contributed by atoms with van der Waals surface area (Å²) in [4.78, 5) is 13.7. The molecule has 0 saturated heterocycles. The largest absolute Gasteiger partial charge is 0.338 e. The van der Waals surface area contributed by atoms with Gasteiger partial charge in [0.25, 0.3) is 5.91 Å². The summed E-state index contributed by atoms with van der Waals surface area (Å²) in [6.07, 6.45) is 0. The van der Waals surface area contributed by atoms with Crippen molar-refractivity contribution in [1.82, 2.24) is 4.90 Å². The fraction of sp³-hybridized carbons (Fsp3) is 0.364. The quantitative estimate of drug-likeness (QED) is 0.780. The number of hydrogen-bond donors (Lipinski definition) is 0. The zero-order valence-electron chi connectivity index (χ0n) is 8.54. The van der Waals surface area contributed by atoms with Gasteiger partial charge in [-0.2, -0.15) is 0 Å². The second-order valence-electron chi connectivity index (χ2n) is 3.08. The molecule has 0 aromatic heterocycles. The maximum absolute atomic E-state index is 12.0. The zero-order chi connectivity index (χ0) is 11.3. The molecule has 0 radical (unpaired) electrons. The zero-order valence-corrected chi connectivity index (χ0v) is 10.9. The molecule has 0 heterocycles. The minimum atomic E-state index is 0.0273. The van der Waals surface area contributed by atoms with Crippen LogP contribution in [0.4, 0.5) is 0 Å². The Hall–Kier alpha value is -0.540. The molecule has 0 bridgehead atoms. The number of nitrogens with zero attached hydrogens (tertiary/aromatic N) is 1. The molecule has 1 rings (SSSR count). The van der Waals surface area contributed by atoms with E-state index >= 15 is 0 Å². The number of halogens is 2. The fourth-order valence-corrected chi connectivity index (χ4v) is 1.93. The van der Waals surface area contributed by atoms with Crippen LogP contribution in [0.15, 0.2) is 24.3 Å². The Bertz CT molecular complexity index is 343. The molecule has 0 N–H and O–H groups in total. The van der Waals surface area contributed by atoms with Crippen LogP contribution in [0.3, 0.4) is 0 Å². The Morgan fingerprint density at radius 1 is 1.53 bits per heavy atom. The van der Waals surface area contributed by atoms with Crippen LogP contribution in [0.1, 0.15) is 17.3 Å². The van der Waals surface area contributed by atoms with Gasteiger partial charge in [-0.25, -0.2) is 0 Å². The second-order valence-corrected chi connectivity index (χ2v) is 4.31. The van der Waals surface area contributed by atoms with Gasteiger partial charge in [0.2, 0.25) is 0 Å². The maximum atomic E-state index is 12.0. The third-order valence-electron chi connectivity index (χ3n) is 2.09. The van der Waals surface area contributed by atoms with Gasteiger partial charge in [-0.3, -0.25) is 4.79 Å². The molecule has 0 aliphatic heterocycles. The van der Waals surface area contributed by atoms with Crippen molar-refractivity contribution in [2.75, 3.05) is 18.4 Å². The normalized spacial score (nSPS) is 10.1. The highest BCUT2D eigenvalue weighted by atomic mass is 79.9. The van der Waals surface area contributed by atoms with Crippen LogP contribution in [0.25, 0.3) is 0 Å². The first-order valence-corrected chi connectivity index (χ1v) is 6.29. The molecule has 1 amide bonds.